The molecule has 4 saturated heterocycles. The third-order valence-electron chi connectivity index (χ3n) is 10.6. The highest BCUT2D eigenvalue weighted by atomic mass is 35.5. The molecule has 0 atom stereocenters. The fourth-order valence-electron chi connectivity index (χ4n) is 8.19. The van der Waals surface area contributed by atoms with Crippen LogP contribution in [0.4, 0.5) is 0 Å². The van der Waals surface area contributed by atoms with Crippen LogP contribution in [0.2, 0.25) is 10.0 Å². The molecule has 2 aromatic heterocycles. The first-order chi connectivity index (χ1) is 24.2. The largest absolute Gasteiger partial charge is 0.496 e. The molecule has 0 radical (unpaired) electrons. The molecule has 4 aliphatic heterocycles. The number of methoxy groups -OCH3 is 2. The summed E-state index contributed by atoms with van der Waals surface area (Å²) in [5.41, 5.74) is 6.73. The summed E-state index contributed by atoms with van der Waals surface area (Å²) < 4.78 is 11.5. The first kappa shape index (κ1) is 33.0. The van der Waals surface area contributed by atoms with Crippen LogP contribution < -0.4 is 20.1 Å². The lowest BCUT2D eigenvalue weighted by Crippen LogP contribution is -2.56. The summed E-state index contributed by atoms with van der Waals surface area (Å²) in [6, 6.07) is 15.9. The van der Waals surface area contributed by atoms with E-state index in [1.54, 1.807) is 26.6 Å². The van der Waals surface area contributed by atoms with E-state index in [9.17, 15) is 9.59 Å². The minimum atomic E-state index is 0.0594. The number of nitrogens with one attached hydrogen (secondary N) is 2. The highest BCUT2D eigenvalue weighted by Crippen LogP contribution is 2.44. The fraction of sp³-hybridized carbons (Fsp3) is 0.368. The molecule has 6 heterocycles. The van der Waals surface area contributed by atoms with E-state index in [-0.39, 0.29) is 22.6 Å². The molecule has 4 fully saturated rings. The third-order valence-corrected chi connectivity index (χ3v) is 11.4. The Morgan fingerprint density at radius 2 is 1.34 bits per heavy atom. The maximum absolute atomic E-state index is 11.8. The zero-order valence-corrected chi connectivity index (χ0v) is 29.5. The predicted molar refractivity (Wildman–Crippen MR) is 192 cm³/mol. The Kier molecular flexibility index (Phi) is 8.46. The Morgan fingerprint density at radius 3 is 1.96 bits per heavy atom. The fourth-order valence-corrected chi connectivity index (χ4v) is 8.82. The highest BCUT2D eigenvalue weighted by molar-refractivity contribution is 6.39. The second-order valence-electron chi connectivity index (χ2n) is 14.3. The number of ether oxygens (including phenoxy) is 2. The van der Waals surface area contributed by atoms with E-state index in [1.165, 1.54) is 0 Å². The Morgan fingerprint density at radius 1 is 0.740 bits per heavy atom. The van der Waals surface area contributed by atoms with Gasteiger partial charge < -0.3 is 20.1 Å². The molecule has 0 saturated carbocycles. The van der Waals surface area contributed by atoms with E-state index in [1.807, 2.05) is 42.5 Å². The summed E-state index contributed by atoms with van der Waals surface area (Å²) in [7, 11) is 3.30. The summed E-state index contributed by atoms with van der Waals surface area (Å²) in [4.78, 5) is 37.6. The Hall–Kier alpha value is -4.22. The van der Waals surface area contributed by atoms with Crippen LogP contribution in [0.3, 0.4) is 0 Å². The van der Waals surface area contributed by atoms with Crippen molar-refractivity contribution >= 4 is 35.0 Å². The Labute approximate surface area is 301 Å². The number of carbonyl (C=O) groups is 2. The summed E-state index contributed by atoms with van der Waals surface area (Å²) in [5, 5.41) is 6.97. The molecule has 4 aliphatic rings. The molecule has 0 unspecified atom stereocenters. The van der Waals surface area contributed by atoms with Gasteiger partial charge >= 0.3 is 0 Å². The summed E-state index contributed by atoms with van der Waals surface area (Å²) in [6.07, 6.45) is 4.69. The van der Waals surface area contributed by atoms with Crippen molar-refractivity contribution in [1.82, 2.24) is 30.4 Å². The van der Waals surface area contributed by atoms with E-state index in [0.29, 0.717) is 46.6 Å². The molecule has 0 aliphatic carbocycles. The number of likely N-dealkylation sites (tertiary alicyclic amines) is 2. The number of rotatable bonds is 9. The van der Waals surface area contributed by atoms with Crippen molar-refractivity contribution in [3.63, 3.8) is 0 Å². The van der Waals surface area contributed by atoms with E-state index in [4.69, 9.17) is 37.7 Å². The Balaban J connectivity index is 1.01. The molecule has 12 heteroatoms. The standard InChI is InChI=1S/C38H38Cl2N6O4/c1-49-31-10-23(6-7-24(31)15-45-19-37(20-45)11-32(47)42-17-37)28-13-41-14-29(35(28)40)26-4-3-5-27(34(26)39)30-9-8-25(36(44-30)50-2)16-46-21-38(22-46)12-33(48)43-18-38/h3-10,13-14H,11-12,15-22H2,1-2H3,(H,42,47)(H,43,48). The molecule has 2 aromatic carbocycles. The highest BCUT2D eigenvalue weighted by Gasteiger charge is 2.49. The summed E-state index contributed by atoms with van der Waals surface area (Å²) >= 11 is 14.2. The maximum Gasteiger partial charge on any atom is 0.220 e. The van der Waals surface area contributed by atoms with Gasteiger partial charge in [-0.3, -0.25) is 24.4 Å². The van der Waals surface area contributed by atoms with Gasteiger partial charge in [0, 0.05) is 122 Å². The van der Waals surface area contributed by atoms with Gasteiger partial charge in [0.05, 0.1) is 30.0 Å². The van der Waals surface area contributed by atoms with Crippen LogP contribution in [0.1, 0.15) is 24.0 Å². The van der Waals surface area contributed by atoms with Crippen molar-refractivity contribution in [2.24, 2.45) is 10.8 Å². The first-order valence-electron chi connectivity index (χ1n) is 16.8. The van der Waals surface area contributed by atoms with Crippen LogP contribution in [0.25, 0.3) is 33.5 Å². The van der Waals surface area contributed by atoms with Gasteiger partial charge in [0.2, 0.25) is 17.7 Å². The Bertz CT molecular complexity index is 1870. The number of carbonyl (C=O) groups excluding carboxylic acids is 2. The van der Waals surface area contributed by atoms with Crippen molar-refractivity contribution in [3.05, 3.63) is 82.1 Å². The second kappa shape index (κ2) is 12.8. The number of hydrogen-bond donors (Lipinski definition) is 2. The predicted octanol–water partition coefficient (Wildman–Crippen LogP) is 5.45. The van der Waals surface area contributed by atoms with Gasteiger partial charge in [-0.2, -0.15) is 0 Å². The van der Waals surface area contributed by atoms with E-state index >= 15 is 0 Å². The number of nitrogens with zero attached hydrogens (tertiary/aromatic N) is 4. The molecular formula is C38H38Cl2N6O4. The van der Waals surface area contributed by atoms with Crippen LogP contribution in [-0.4, -0.2) is 85.1 Å². The molecule has 50 heavy (non-hydrogen) atoms. The van der Waals surface area contributed by atoms with E-state index in [0.717, 1.165) is 84.9 Å². The maximum atomic E-state index is 11.8. The zero-order valence-electron chi connectivity index (χ0n) is 28.0. The van der Waals surface area contributed by atoms with Crippen molar-refractivity contribution in [1.29, 1.82) is 0 Å². The number of halogens is 2. The van der Waals surface area contributed by atoms with Crippen molar-refractivity contribution in [3.8, 4) is 45.1 Å². The number of amides is 2. The molecule has 2 spiro atoms. The van der Waals surface area contributed by atoms with Gasteiger partial charge in [-0.15, -0.1) is 0 Å². The van der Waals surface area contributed by atoms with Crippen LogP contribution in [-0.2, 0) is 22.7 Å². The third kappa shape index (κ3) is 5.98. The quantitative estimate of drug-likeness (QED) is 0.236. The van der Waals surface area contributed by atoms with Gasteiger partial charge in [0.25, 0.3) is 0 Å². The van der Waals surface area contributed by atoms with Gasteiger partial charge in [0.1, 0.15) is 5.75 Å². The SMILES string of the molecule is COc1cc(-c2cncc(-c3cccc(-c4ccc(CN5CC6(CNC(=O)C6)C5)c(OC)n4)c3Cl)c2Cl)ccc1CN1CC2(CNC(=O)C2)C1. The molecule has 4 aromatic rings. The average Bonchev–Trinajstić information content (AvgIpc) is 3.68. The second-order valence-corrected chi connectivity index (χ2v) is 15.1. The van der Waals surface area contributed by atoms with Crippen molar-refractivity contribution < 1.29 is 19.1 Å². The smallest absolute Gasteiger partial charge is 0.220 e. The van der Waals surface area contributed by atoms with Crippen molar-refractivity contribution in [2.45, 2.75) is 25.9 Å². The molecule has 2 N–H and O–H groups in total. The molecule has 0 bridgehead atoms. The minimum absolute atomic E-state index is 0.0594. The van der Waals surface area contributed by atoms with E-state index in [2.05, 4.69) is 31.5 Å². The molecule has 2 amide bonds. The average molecular weight is 714 g/mol. The van der Waals surface area contributed by atoms with Gasteiger partial charge in [-0.05, 0) is 17.7 Å². The zero-order chi connectivity index (χ0) is 34.6. The lowest BCUT2D eigenvalue weighted by Gasteiger charge is -2.47. The summed E-state index contributed by atoms with van der Waals surface area (Å²) in [5.74, 6) is 1.60. The summed E-state index contributed by atoms with van der Waals surface area (Å²) in [6.45, 7) is 6.47. The molecular weight excluding hydrogens is 675 g/mol. The van der Waals surface area contributed by atoms with Gasteiger partial charge in [0.15, 0.2) is 0 Å². The molecule has 258 valence electrons. The van der Waals surface area contributed by atoms with Crippen LogP contribution in [0.15, 0.2) is 60.9 Å². The number of pyridine rings is 2. The lowest BCUT2D eigenvalue weighted by atomic mass is 9.79. The number of aromatic nitrogens is 2. The van der Waals surface area contributed by atoms with Crippen molar-refractivity contribution in [2.75, 3.05) is 53.5 Å². The van der Waals surface area contributed by atoms with Gasteiger partial charge in [-0.1, -0.05) is 59.6 Å². The monoisotopic (exact) mass is 712 g/mol. The van der Waals surface area contributed by atoms with E-state index < -0.39 is 0 Å². The lowest BCUT2D eigenvalue weighted by molar-refractivity contribution is -0.121. The first-order valence-corrected chi connectivity index (χ1v) is 17.5. The van der Waals surface area contributed by atoms with Gasteiger partial charge in [-0.25, -0.2) is 4.98 Å². The number of hydrogen-bond acceptors (Lipinski definition) is 8. The topological polar surface area (TPSA) is 109 Å². The molecule has 10 nitrogen and oxygen atoms in total. The molecule has 8 rings (SSSR count). The van der Waals surface area contributed by atoms with Crippen LogP contribution in [0, 0.1) is 10.8 Å². The normalized spacial score (nSPS) is 19.3. The minimum Gasteiger partial charge on any atom is -0.496 e. The van der Waals surface area contributed by atoms with Crippen LogP contribution >= 0.6 is 23.2 Å². The number of benzene rings is 2. The van der Waals surface area contributed by atoms with Crippen LogP contribution in [0.5, 0.6) is 11.6 Å².